The molecule has 1 spiro atoms. The third-order valence-electron chi connectivity index (χ3n) is 6.37. The number of likely N-dealkylation sites (tertiary alicyclic amines) is 2. The highest BCUT2D eigenvalue weighted by Crippen LogP contribution is 2.40. The molecule has 178 valence electrons. The molecule has 0 aromatic heterocycles. The number of carboxylic acid groups (broad SMARTS) is 1. The number of carbonyl (C=O) groups is 2. The van der Waals surface area contributed by atoms with E-state index in [4.69, 9.17) is 9.84 Å². The Morgan fingerprint density at radius 3 is 2.50 bits per heavy atom. The molecule has 32 heavy (non-hydrogen) atoms. The van der Waals surface area contributed by atoms with Gasteiger partial charge < -0.3 is 19.5 Å². The maximum Gasteiger partial charge on any atom is 0.425 e. The third kappa shape index (κ3) is 5.65. The van der Waals surface area contributed by atoms with E-state index < -0.39 is 30.9 Å². The van der Waals surface area contributed by atoms with E-state index in [-0.39, 0.29) is 5.54 Å². The fraction of sp³-hybridized carbons (Fsp3) is 0.636. The van der Waals surface area contributed by atoms with E-state index in [0.29, 0.717) is 38.2 Å². The second kappa shape index (κ2) is 9.56. The van der Waals surface area contributed by atoms with Crippen molar-refractivity contribution in [1.29, 1.82) is 0 Å². The van der Waals surface area contributed by atoms with Crippen LogP contribution in [0, 0.1) is 6.92 Å². The highest BCUT2D eigenvalue weighted by molar-refractivity contribution is 5.68. The van der Waals surface area contributed by atoms with Crippen molar-refractivity contribution in [2.75, 3.05) is 26.2 Å². The number of amides is 1. The molecule has 1 aromatic carbocycles. The second-order valence-corrected chi connectivity index (χ2v) is 8.60. The number of ether oxygens (including phenoxy) is 2. The maximum absolute atomic E-state index is 12.7. The van der Waals surface area contributed by atoms with E-state index in [0.717, 1.165) is 37.4 Å². The Morgan fingerprint density at radius 2 is 1.88 bits per heavy atom. The van der Waals surface area contributed by atoms with Crippen LogP contribution in [0.4, 0.5) is 18.0 Å². The molecule has 2 fully saturated rings. The van der Waals surface area contributed by atoms with E-state index in [1.807, 2.05) is 25.1 Å². The molecule has 1 aromatic rings. The number of aliphatic carboxylic acids is 1. The number of nitrogens with zero attached hydrogens (tertiary/aromatic N) is 2. The molecule has 1 atom stereocenters. The summed E-state index contributed by atoms with van der Waals surface area (Å²) in [7, 11) is 0. The van der Waals surface area contributed by atoms with Crippen molar-refractivity contribution in [2.45, 2.75) is 63.9 Å². The number of rotatable bonds is 6. The molecule has 0 radical (unpaired) electrons. The third-order valence-corrected chi connectivity index (χ3v) is 6.37. The average molecular weight is 458 g/mol. The van der Waals surface area contributed by atoms with Gasteiger partial charge in [-0.2, -0.15) is 13.2 Å². The Kier molecular flexibility index (Phi) is 7.22. The van der Waals surface area contributed by atoms with Gasteiger partial charge in [0, 0.05) is 30.7 Å². The van der Waals surface area contributed by atoms with Crippen molar-refractivity contribution in [2.24, 2.45) is 0 Å². The fourth-order valence-corrected chi connectivity index (χ4v) is 4.48. The SMILES string of the molecule is Cc1ccc(CN2CCCC23CCN(C(=O)OC(C)C(F)(F)F)CC3)c(OCC(=O)O)c1. The molecule has 2 saturated heterocycles. The standard InChI is InChI=1S/C22H29F3N2O5/c1-15-4-5-17(18(12-15)31-14-19(28)29)13-27-9-3-6-21(27)7-10-26(11-8-21)20(30)32-16(2)22(23,24)25/h4-5,12,16H,3,6-11,13-14H2,1-2H3,(H,28,29). The number of alkyl halides is 3. The lowest BCUT2D eigenvalue weighted by atomic mass is 9.85. The van der Waals surface area contributed by atoms with Crippen LogP contribution < -0.4 is 4.74 Å². The molecule has 10 heteroatoms. The Hall–Kier alpha value is -2.49. The lowest BCUT2D eigenvalue weighted by molar-refractivity contribution is -0.200. The molecule has 2 aliphatic rings. The van der Waals surface area contributed by atoms with E-state index in [1.165, 1.54) is 4.90 Å². The van der Waals surface area contributed by atoms with Crippen molar-refractivity contribution < 1.29 is 37.3 Å². The minimum Gasteiger partial charge on any atom is -0.482 e. The highest BCUT2D eigenvalue weighted by atomic mass is 19.4. The van der Waals surface area contributed by atoms with Crippen molar-refractivity contribution in [1.82, 2.24) is 9.80 Å². The quantitative estimate of drug-likeness (QED) is 0.695. The van der Waals surface area contributed by atoms with Crippen LogP contribution in [-0.2, 0) is 16.1 Å². The monoisotopic (exact) mass is 458 g/mol. The summed E-state index contributed by atoms with van der Waals surface area (Å²) in [5, 5.41) is 8.95. The zero-order chi connectivity index (χ0) is 23.5. The van der Waals surface area contributed by atoms with Crippen molar-refractivity contribution in [3.8, 4) is 5.75 Å². The van der Waals surface area contributed by atoms with Gasteiger partial charge in [-0.05, 0) is 57.7 Å². The first-order valence-electron chi connectivity index (χ1n) is 10.7. The van der Waals surface area contributed by atoms with E-state index in [9.17, 15) is 22.8 Å². The van der Waals surface area contributed by atoms with Gasteiger partial charge >= 0.3 is 18.2 Å². The molecule has 1 amide bonds. The summed E-state index contributed by atoms with van der Waals surface area (Å²) >= 11 is 0. The first-order valence-corrected chi connectivity index (χ1v) is 10.7. The normalized spacial score (nSPS) is 19.7. The van der Waals surface area contributed by atoms with Crippen LogP contribution in [0.1, 0.15) is 43.7 Å². The largest absolute Gasteiger partial charge is 0.482 e. The molecule has 0 aliphatic carbocycles. The van der Waals surface area contributed by atoms with Crippen LogP contribution >= 0.6 is 0 Å². The first kappa shape index (κ1) is 24.2. The summed E-state index contributed by atoms with van der Waals surface area (Å²) in [6.45, 7) is 4.39. The van der Waals surface area contributed by atoms with Gasteiger partial charge in [-0.3, -0.25) is 4.90 Å². The Bertz CT molecular complexity index is 837. The van der Waals surface area contributed by atoms with Crippen molar-refractivity contribution in [3.05, 3.63) is 29.3 Å². The Labute approximate surface area is 185 Å². The van der Waals surface area contributed by atoms with E-state index >= 15 is 0 Å². The number of benzene rings is 1. The average Bonchev–Trinajstić information content (AvgIpc) is 3.09. The van der Waals surface area contributed by atoms with Crippen LogP contribution in [-0.4, -0.2) is 71.0 Å². The summed E-state index contributed by atoms with van der Waals surface area (Å²) in [6, 6.07) is 5.71. The minimum absolute atomic E-state index is 0.151. The number of halogens is 3. The predicted octanol–water partition coefficient (Wildman–Crippen LogP) is 3.98. The highest BCUT2D eigenvalue weighted by Gasteiger charge is 2.45. The second-order valence-electron chi connectivity index (χ2n) is 8.60. The molecule has 7 nitrogen and oxygen atoms in total. The van der Waals surface area contributed by atoms with Gasteiger partial charge in [-0.1, -0.05) is 12.1 Å². The van der Waals surface area contributed by atoms with Gasteiger partial charge in [0.2, 0.25) is 0 Å². The van der Waals surface area contributed by atoms with Crippen LogP contribution in [0.5, 0.6) is 5.75 Å². The minimum atomic E-state index is -4.58. The first-order chi connectivity index (χ1) is 15.0. The van der Waals surface area contributed by atoms with Crippen LogP contribution in [0.3, 0.4) is 0 Å². The molecular weight excluding hydrogens is 429 g/mol. The summed E-state index contributed by atoms with van der Waals surface area (Å²) in [5.74, 6) is -0.509. The molecule has 1 N–H and O–H groups in total. The smallest absolute Gasteiger partial charge is 0.425 e. The summed E-state index contributed by atoms with van der Waals surface area (Å²) in [6.07, 6.45) is -4.46. The lowest BCUT2D eigenvalue weighted by Gasteiger charge is -2.45. The van der Waals surface area contributed by atoms with E-state index in [1.54, 1.807) is 0 Å². The van der Waals surface area contributed by atoms with Gasteiger partial charge in [0.15, 0.2) is 12.7 Å². The molecule has 0 saturated carbocycles. The Balaban J connectivity index is 1.64. The van der Waals surface area contributed by atoms with Crippen LogP contribution in [0.15, 0.2) is 18.2 Å². The van der Waals surface area contributed by atoms with Crippen LogP contribution in [0.25, 0.3) is 0 Å². The molecule has 0 bridgehead atoms. The van der Waals surface area contributed by atoms with Crippen LogP contribution in [0.2, 0.25) is 0 Å². The maximum atomic E-state index is 12.7. The number of carbonyl (C=O) groups excluding carboxylic acids is 1. The summed E-state index contributed by atoms with van der Waals surface area (Å²) < 4.78 is 48.1. The van der Waals surface area contributed by atoms with Gasteiger partial charge in [0.25, 0.3) is 0 Å². The number of aryl methyl sites for hydroxylation is 1. The van der Waals surface area contributed by atoms with Gasteiger partial charge in [-0.25, -0.2) is 9.59 Å². The van der Waals surface area contributed by atoms with Gasteiger partial charge in [-0.15, -0.1) is 0 Å². The lowest BCUT2D eigenvalue weighted by Crippen LogP contribution is -2.53. The molecule has 3 rings (SSSR count). The Morgan fingerprint density at radius 1 is 1.19 bits per heavy atom. The summed E-state index contributed by atoms with van der Waals surface area (Å²) in [4.78, 5) is 26.8. The van der Waals surface area contributed by atoms with Crippen molar-refractivity contribution >= 4 is 12.1 Å². The molecular formula is C22H29F3N2O5. The van der Waals surface area contributed by atoms with Crippen molar-refractivity contribution in [3.63, 3.8) is 0 Å². The summed E-state index contributed by atoms with van der Waals surface area (Å²) in [5.41, 5.74) is 1.70. The molecule has 2 heterocycles. The number of hydrogen-bond donors (Lipinski definition) is 1. The number of carboxylic acids is 1. The topological polar surface area (TPSA) is 79.3 Å². The fourth-order valence-electron chi connectivity index (χ4n) is 4.48. The van der Waals surface area contributed by atoms with Gasteiger partial charge in [0.1, 0.15) is 5.75 Å². The number of hydrogen-bond acceptors (Lipinski definition) is 5. The predicted molar refractivity (Wildman–Crippen MR) is 109 cm³/mol. The zero-order valence-corrected chi connectivity index (χ0v) is 18.3. The molecule has 2 aliphatic heterocycles. The van der Waals surface area contributed by atoms with Gasteiger partial charge in [0.05, 0.1) is 0 Å². The molecule has 1 unspecified atom stereocenters. The van der Waals surface area contributed by atoms with E-state index in [2.05, 4.69) is 9.64 Å². The number of piperidine rings is 1. The zero-order valence-electron chi connectivity index (χ0n) is 18.3.